The van der Waals surface area contributed by atoms with Crippen LogP contribution in [0.25, 0.3) is 0 Å². The Morgan fingerprint density at radius 1 is 1.36 bits per heavy atom. The lowest BCUT2D eigenvalue weighted by atomic mass is 10.1. The maximum Gasteiger partial charge on any atom is 0.287 e. The molecule has 10 nitrogen and oxygen atoms in total. The summed E-state index contributed by atoms with van der Waals surface area (Å²) in [5.41, 5.74) is 5.67. The van der Waals surface area contributed by atoms with Crippen LogP contribution < -0.4 is 10.5 Å². The SMILES string of the molecule is Cc1ccc(S(=O)(=O)NC(=O)c2cn(C3COC3)nn2)cc1C(N)=O. The minimum absolute atomic E-state index is 0.0131. The van der Waals surface area contributed by atoms with Gasteiger partial charge in [0, 0.05) is 5.56 Å². The van der Waals surface area contributed by atoms with Gasteiger partial charge in [0.2, 0.25) is 5.91 Å². The Balaban J connectivity index is 1.81. The lowest BCUT2D eigenvalue weighted by Gasteiger charge is -2.25. The summed E-state index contributed by atoms with van der Waals surface area (Å²) >= 11 is 0. The third kappa shape index (κ3) is 3.37. The molecule has 1 aromatic heterocycles. The molecule has 3 rings (SSSR count). The zero-order valence-corrected chi connectivity index (χ0v) is 14.0. The van der Waals surface area contributed by atoms with Crippen molar-refractivity contribution in [3.63, 3.8) is 0 Å². The number of amides is 2. The predicted molar refractivity (Wildman–Crippen MR) is 84.2 cm³/mol. The summed E-state index contributed by atoms with van der Waals surface area (Å²) in [7, 11) is -4.19. The van der Waals surface area contributed by atoms with Gasteiger partial charge in [-0.3, -0.25) is 9.59 Å². The second-order valence-corrected chi connectivity index (χ2v) is 7.23. The Hall–Kier alpha value is -2.79. The molecule has 2 aromatic rings. The highest BCUT2D eigenvalue weighted by atomic mass is 32.2. The van der Waals surface area contributed by atoms with Crippen molar-refractivity contribution >= 4 is 21.8 Å². The molecule has 0 aliphatic carbocycles. The highest BCUT2D eigenvalue weighted by molar-refractivity contribution is 7.90. The summed E-state index contributed by atoms with van der Waals surface area (Å²) in [6.45, 7) is 2.54. The maximum absolute atomic E-state index is 12.4. The van der Waals surface area contributed by atoms with Crippen molar-refractivity contribution in [1.82, 2.24) is 19.7 Å². The number of nitrogens with one attached hydrogen (secondary N) is 1. The first-order valence-corrected chi connectivity index (χ1v) is 8.73. The van der Waals surface area contributed by atoms with Crippen molar-refractivity contribution in [2.75, 3.05) is 13.2 Å². The maximum atomic E-state index is 12.4. The Morgan fingerprint density at radius 3 is 2.68 bits per heavy atom. The van der Waals surface area contributed by atoms with Crippen LogP contribution in [0.1, 0.15) is 32.5 Å². The first kappa shape index (κ1) is 17.0. The van der Waals surface area contributed by atoms with Crippen molar-refractivity contribution < 1.29 is 22.7 Å². The number of primary amides is 1. The van der Waals surface area contributed by atoms with E-state index >= 15 is 0 Å². The highest BCUT2D eigenvalue weighted by Crippen LogP contribution is 2.17. The first-order chi connectivity index (χ1) is 11.8. The van der Waals surface area contributed by atoms with E-state index in [4.69, 9.17) is 10.5 Å². The largest absolute Gasteiger partial charge is 0.377 e. The van der Waals surface area contributed by atoms with Gasteiger partial charge in [0.05, 0.1) is 24.3 Å². The highest BCUT2D eigenvalue weighted by Gasteiger charge is 2.25. The van der Waals surface area contributed by atoms with Gasteiger partial charge in [0.15, 0.2) is 5.69 Å². The van der Waals surface area contributed by atoms with Crippen molar-refractivity contribution in [3.8, 4) is 0 Å². The molecule has 0 radical (unpaired) electrons. The third-order valence-corrected chi connectivity index (χ3v) is 5.08. The second kappa shape index (κ2) is 6.26. The first-order valence-electron chi connectivity index (χ1n) is 7.25. The molecule has 1 aromatic carbocycles. The molecule has 0 atom stereocenters. The van der Waals surface area contributed by atoms with E-state index in [2.05, 4.69) is 10.3 Å². The lowest BCUT2D eigenvalue weighted by Crippen LogP contribution is -2.32. The van der Waals surface area contributed by atoms with E-state index in [0.717, 1.165) is 6.07 Å². The summed E-state index contributed by atoms with van der Waals surface area (Å²) < 4.78 is 33.1. The summed E-state index contributed by atoms with van der Waals surface area (Å²) in [6, 6.07) is 3.82. The molecule has 0 unspecified atom stereocenters. The molecule has 1 aliphatic heterocycles. The van der Waals surface area contributed by atoms with Gasteiger partial charge in [0.25, 0.3) is 15.9 Å². The van der Waals surface area contributed by atoms with Gasteiger partial charge >= 0.3 is 0 Å². The Morgan fingerprint density at radius 2 is 2.08 bits per heavy atom. The summed E-state index contributed by atoms with van der Waals surface area (Å²) in [6.07, 6.45) is 1.35. The average Bonchev–Trinajstić information content (AvgIpc) is 2.94. The molecule has 2 amide bonds. The van der Waals surface area contributed by atoms with Gasteiger partial charge < -0.3 is 10.5 Å². The van der Waals surface area contributed by atoms with E-state index in [1.54, 1.807) is 6.92 Å². The topological polar surface area (TPSA) is 146 Å². The lowest BCUT2D eigenvalue weighted by molar-refractivity contribution is -0.0293. The van der Waals surface area contributed by atoms with Crippen LogP contribution in [0.5, 0.6) is 0 Å². The minimum atomic E-state index is -4.19. The van der Waals surface area contributed by atoms with Crippen LogP contribution in [0.2, 0.25) is 0 Å². The van der Waals surface area contributed by atoms with E-state index in [9.17, 15) is 18.0 Å². The van der Waals surface area contributed by atoms with E-state index in [0.29, 0.717) is 18.8 Å². The number of carbonyl (C=O) groups excluding carboxylic acids is 2. The average molecular weight is 365 g/mol. The predicted octanol–water partition coefficient (Wildman–Crippen LogP) is -0.625. The molecule has 3 N–H and O–H groups in total. The molecular weight excluding hydrogens is 350 g/mol. The number of hydrogen-bond donors (Lipinski definition) is 2. The Bertz CT molecular complexity index is 948. The van der Waals surface area contributed by atoms with E-state index in [1.165, 1.54) is 23.0 Å². The zero-order valence-electron chi connectivity index (χ0n) is 13.2. The third-order valence-electron chi connectivity index (χ3n) is 3.75. The van der Waals surface area contributed by atoms with Crippen LogP contribution in [0, 0.1) is 6.92 Å². The van der Waals surface area contributed by atoms with Gasteiger partial charge in [-0.1, -0.05) is 11.3 Å². The standard InChI is InChI=1S/C14H15N5O5S/c1-8-2-3-10(4-11(8)13(15)20)25(22,23)17-14(21)12-5-19(18-16-12)9-6-24-7-9/h2-5,9H,6-7H2,1H3,(H2,15,20)(H,17,21). The van der Waals surface area contributed by atoms with Gasteiger partial charge in [-0.25, -0.2) is 17.8 Å². The summed E-state index contributed by atoms with van der Waals surface area (Å²) in [5, 5.41) is 7.44. The molecule has 132 valence electrons. The smallest absolute Gasteiger partial charge is 0.287 e. The normalized spacial score (nSPS) is 14.8. The fourth-order valence-electron chi connectivity index (χ4n) is 2.20. The van der Waals surface area contributed by atoms with Crippen LogP contribution in [0.3, 0.4) is 0 Å². The molecule has 25 heavy (non-hydrogen) atoms. The number of benzene rings is 1. The summed E-state index contributed by atoms with van der Waals surface area (Å²) in [5.74, 6) is -1.68. The molecule has 0 bridgehead atoms. The summed E-state index contributed by atoms with van der Waals surface area (Å²) in [4.78, 5) is 23.2. The fraction of sp³-hybridized carbons (Fsp3) is 0.286. The number of aryl methyl sites for hydroxylation is 1. The monoisotopic (exact) mass is 365 g/mol. The number of rotatable bonds is 5. The van der Waals surface area contributed by atoms with E-state index in [1.807, 2.05) is 4.72 Å². The fourth-order valence-corrected chi connectivity index (χ4v) is 3.19. The van der Waals surface area contributed by atoms with Gasteiger partial charge in [0.1, 0.15) is 6.04 Å². The number of aromatic nitrogens is 3. The van der Waals surface area contributed by atoms with Gasteiger partial charge in [-0.2, -0.15) is 0 Å². The number of carbonyl (C=O) groups is 2. The molecule has 1 fully saturated rings. The molecule has 1 aliphatic rings. The van der Waals surface area contributed by atoms with Gasteiger partial charge in [-0.15, -0.1) is 5.10 Å². The number of ether oxygens (including phenoxy) is 1. The van der Waals surface area contributed by atoms with Crippen molar-refractivity contribution in [2.45, 2.75) is 17.9 Å². The number of nitrogens with two attached hydrogens (primary N) is 1. The molecule has 2 heterocycles. The molecule has 0 saturated carbocycles. The van der Waals surface area contributed by atoms with E-state index in [-0.39, 0.29) is 22.2 Å². The van der Waals surface area contributed by atoms with Crippen LogP contribution in [0.4, 0.5) is 0 Å². The van der Waals surface area contributed by atoms with Crippen molar-refractivity contribution in [2.24, 2.45) is 5.73 Å². The van der Waals surface area contributed by atoms with Crippen LogP contribution >= 0.6 is 0 Å². The van der Waals surface area contributed by atoms with Crippen LogP contribution in [-0.4, -0.2) is 48.4 Å². The van der Waals surface area contributed by atoms with Crippen LogP contribution in [-0.2, 0) is 14.8 Å². The van der Waals surface area contributed by atoms with E-state index < -0.39 is 21.8 Å². The van der Waals surface area contributed by atoms with Crippen LogP contribution in [0.15, 0.2) is 29.3 Å². The molecule has 0 spiro atoms. The van der Waals surface area contributed by atoms with Crippen molar-refractivity contribution in [3.05, 3.63) is 41.2 Å². The number of sulfonamides is 1. The number of hydrogen-bond acceptors (Lipinski definition) is 7. The Kier molecular flexibility index (Phi) is 4.27. The second-order valence-electron chi connectivity index (χ2n) is 5.55. The Labute approximate surface area is 143 Å². The zero-order chi connectivity index (χ0) is 18.2. The van der Waals surface area contributed by atoms with Crippen molar-refractivity contribution in [1.29, 1.82) is 0 Å². The molecular formula is C14H15N5O5S. The van der Waals surface area contributed by atoms with Gasteiger partial charge in [-0.05, 0) is 24.6 Å². The number of nitrogens with zero attached hydrogens (tertiary/aromatic N) is 3. The quantitative estimate of drug-likeness (QED) is 0.717. The minimum Gasteiger partial charge on any atom is -0.377 e. The molecule has 11 heteroatoms. The molecule has 1 saturated heterocycles.